The Morgan fingerprint density at radius 3 is 2.79 bits per heavy atom. The Balaban J connectivity index is 1.79. The molecule has 3 rings (SSSR count). The molecule has 1 amide bonds. The molecule has 122 valence electrons. The molecule has 0 saturated heterocycles. The number of halogens is 1. The predicted molar refractivity (Wildman–Crippen MR) is 95.1 cm³/mol. The highest BCUT2D eigenvalue weighted by atomic mass is 35.5. The van der Waals surface area contributed by atoms with E-state index in [0.717, 1.165) is 21.8 Å². The molecule has 0 aliphatic carbocycles. The lowest BCUT2D eigenvalue weighted by Crippen LogP contribution is -2.26. The van der Waals surface area contributed by atoms with Crippen molar-refractivity contribution in [3.8, 4) is 10.6 Å². The molecule has 0 spiro atoms. The zero-order chi connectivity index (χ0) is 17.1. The van der Waals surface area contributed by atoms with Crippen LogP contribution in [0.25, 0.3) is 10.6 Å². The van der Waals surface area contributed by atoms with Crippen LogP contribution in [-0.4, -0.2) is 32.8 Å². The summed E-state index contributed by atoms with van der Waals surface area (Å²) in [6.45, 7) is 2.31. The number of carbonyl (C=O) groups excluding carboxylic acids is 1. The van der Waals surface area contributed by atoms with Gasteiger partial charge < -0.3 is 4.90 Å². The first-order chi connectivity index (χ1) is 11.5. The van der Waals surface area contributed by atoms with Crippen LogP contribution in [0.4, 0.5) is 0 Å². The summed E-state index contributed by atoms with van der Waals surface area (Å²) in [5, 5.41) is 1.23. The first-order valence-corrected chi connectivity index (χ1v) is 8.48. The van der Waals surface area contributed by atoms with Gasteiger partial charge >= 0.3 is 0 Å². The Labute approximate surface area is 149 Å². The molecule has 0 aliphatic rings. The van der Waals surface area contributed by atoms with Crippen molar-refractivity contribution in [2.24, 2.45) is 0 Å². The second-order valence-corrected chi connectivity index (χ2v) is 6.71. The number of aromatic nitrogens is 3. The molecular weight excluding hydrogens is 344 g/mol. The van der Waals surface area contributed by atoms with E-state index >= 15 is 0 Å². The highest BCUT2D eigenvalue weighted by Crippen LogP contribution is 2.28. The molecule has 0 fully saturated rings. The molecule has 0 saturated carbocycles. The van der Waals surface area contributed by atoms with Gasteiger partial charge in [0.05, 0.1) is 5.69 Å². The summed E-state index contributed by atoms with van der Waals surface area (Å²) in [4.78, 5) is 27.6. The Hall–Kier alpha value is -2.31. The molecule has 0 unspecified atom stereocenters. The number of aryl methyl sites for hydroxylation is 1. The Morgan fingerprint density at radius 2 is 2.12 bits per heavy atom. The first kappa shape index (κ1) is 16.5. The Kier molecular flexibility index (Phi) is 4.87. The molecular formula is C17H15ClN4OS. The number of carbonyl (C=O) groups is 1. The molecule has 0 bridgehead atoms. The van der Waals surface area contributed by atoms with Gasteiger partial charge in [-0.15, -0.1) is 11.3 Å². The van der Waals surface area contributed by atoms with Crippen molar-refractivity contribution in [2.75, 3.05) is 7.05 Å². The zero-order valence-corrected chi connectivity index (χ0v) is 14.8. The minimum atomic E-state index is -0.0601. The van der Waals surface area contributed by atoms with Gasteiger partial charge in [0, 0.05) is 37.7 Å². The number of hydrogen-bond acceptors (Lipinski definition) is 5. The fourth-order valence-electron chi connectivity index (χ4n) is 2.23. The molecule has 0 N–H and O–H groups in total. The largest absolute Gasteiger partial charge is 0.337 e. The summed E-state index contributed by atoms with van der Waals surface area (Å²) < 4.78 is 0. The maximum Gasteiger partial charge on any atom is 0.265 e. The lowest BCUT2D eigenvalue weighted by molar-refractivity contribution is 0.0789. The summed E-state index contributed by atoms with van der Waals surface area (Å²) in [6.07, 6.45) is 5.13. The number of pyridine rings is 2. The van der Waals surface area contributed by atoms with E-state index in [1.807, 2.05) is 25.1 Å². The van der Waals surface area contributed by atoms with Gasteiger partial charge in [-0.2, -0.15) is 0 Å². The van der Waals surface area contributed by atoms with Crippen molar-refractivity contribution < 1.29 is 4.79 Å². The van der Waals surface area contributed by atoms with E-state index < -0.39 is 0 Å². The minimum absolute atomic E-state index is 0.0601. The second kappa shape index (κ2) is 7.07. The summed E-state index contributed by atoms with van der Waals surface area (Å²) >= 11 is 7.17. The van der Waals surface area contributed by atoms with E-state index in [0.29, 0.717) is 16.6 Å². The first-order valence-electron chi connectivity index (χ1n) is 7.28. The van der Waals surface area contributed by atoms with Crippen molar-refractivity contribution in [3.05, 3.63) is 64.1 Å². The van der Waals surface area contributed by atoms with Crippen LogP contribution in [0.3, 0.4) is 0 Å². The predicted octanol–water partition coefficient (Wildman–Crippen LogP) is 3.83. The van der Waals surface area contributed by atoms with Crippen LogP contribution in [0.1, 0.15) is 20.9 Å². The fourth-order valence-corrected chi connectivity index (χ4v) is 3.39. The Bertz CT molecular complexity index is 849. The van der Waals surface area contributed by atoms with E-state index in [9.17, 15) is 4.79 Å². The van der Waals surface area contributed by atoms with Crippen LogP contribution in [-0.2, 0) is 6.54 Å². The van der Waals surface area contributed by atoms with Gasteiger partial charge in [0.2, 0.25) is 0 Å². The minimum Gasteiger partial charge on any atom is -0.337 e. The van der Waals surface area contributed by atoms with Crippen LogP contribution in [0.15, 0.2) is 42.9 Å². The van der Waals surface area contributed by atoms with E-state index in [-0.39, 0.29) is 5.91 Å². The molecule has 0 atom stereocenters. The van der Waals surface area contributed by atoms with E-state index in [2.05, 4.69) is 15.0 Å². The van der Waals surface area contributed by atoms with Crippen molar-refractivity contribution in [1.82, 2.24) is 19.9 Å². The van der Waals surface area contributed by atoms with Gasteiger partial charge in [-0.1, -0.05) is 17.7 Å². The number of nitrogens with zero attached hydrogens (tertiary/aromatic N) is 4. The molecule has 5 nitrogen and oxygen atoms in total. The summed E-state index contributed by atoms with van der Waals surface area (Å²) in [6, 6.07) is 7.36. The topological polar surface area (TPSA) is 59.0 Å². The average Bonchev–Trinajstić information content (AvgIpc) is 2.99. The molecule has 3 aromatic heterocycles. The summed E-state index contributed by atoms with van der Waals surface area (Å²) in [5.41, 5.74) is 2.56. The third kappa shape index (κ3) is 3.60. The van der Waals surface area contributed by atoms with Crippen LogP contribution in [0.5, 0.6) is 0 Å². The van der Waals surface area contributed by atoms with E-state index in [4.69, 9.17) is 11.6 Å². The number of thiazole rings is 1. The third-order valence-electron chi connectivity index (χ3n) is 3.45. The smallest absolute Gasteiger partial charge is 0.265 e. The normalized spacial score (nSPS) is 10.6. The average molecular weight is 359 g/mol. The van der Waals surface area contributed by atoms with Gasteiger partial charge in [-0.3, -0.25) is 9.78 Å². The highest BCUT2D eigenvalue weighted by molar-refractivity contribution is 7.17. The molecule has 0 radical (unpaired) electrons. The summed E-state index contributed by atoms with van der Waals surface area (Å²) in [5.74, 6) is -0.0601. The lowest BCUT2D eigenvalue weighted by atomic mass is 10.2. The number of amides is 1. The molecule has 24 heavy (non-hydrogen) atoms. The van der Waals surface area contributed by atoms with Gasteiger partial charge in [-0.05, 0) is 30.7 Å². The van der Waals surface area contributed by atoms with Gasteiger partial charge in [0.15, 0.2) is 0 Å². The van der Waals surface area contributed by atoms with Crippen LogP contribution >= 0.6 is 22.9 Å². The van der Waals surface area contributed by atoms with Crippen LogP contribution in [0, 0.1) is 6.92 Å². The zero-order valence-electron chi connectivity index (χ0n) is 13.2. The van der Waals surface area contributed by atoms with Gasteiger partial charge in [0.1, 0.15) is 15.0 Å². The molecule has 3 heterocycles. The fraction of sp³-hybridized carbons (Fsp3) is 0.176. The van der Waals surface area contributed by atoms with Crippen LogP contribution in [0.2, 0.25) is 5.15 Å². The van der Waals surface area contributed by atoms with Crippen LogP contribution < -0.4 is 0 Å². The van der Waals surface area contributed by atoms with Crippen molar-refractivity contribution in [3.63, 3.8) is 0 Å². The molecule has 0 aliphatic heterocycles. The molecule has 7 heteroatoms. The number of hydrogen-bond donors (Lipinski definition) is 0. The van der Waals surface area contributed by atoms with E-state index in [1.54, 1.807) is 36.6 Å². The lowest BCUT2D eigenvalue weighted by Gasteiger charge is -2.16. The maximum atomic E-state index is 12.7. The Morgan fingerprint density at radius 1 is 1.29 bits per heavy atom. The second-order valence-electron chi connectivity index (χ2n) is 5.33. The van der Waals surface area contributed by atoms with Crippen molar-refractivity contribution in [2.45, 2.75) is 13.5 Å². The van der Waals surface area contributed by atoms with Crippen molar-refractivity contribution >= 4 is 28.8 Å². The highest BCUT2D eigenvalue weighted by Gasteiger charge is 2.20. The monoisotopic (exact) mass is 358 g/mol. The SMILES string of the molecule is Cc1nc(-c2cccnc2)sc1C(=O)N(C)Cc1ccc(Cl)nc1. The molecule has 0 aromatic carbocycles. The molecule has 3 aromatic rings. The van der Waals surface area contributed by atoms with Gasteiger partial charge in [0.25, 0.3) is 5.91 Å². The summed E-state index contributed by atoms with van der Waals surface area (Å²) in [7, 11) is 1.76. The maximum absolute atomic E-state index is 12.7. The van der Waals surface area contributed by atoms with E-state index in [1.165, 1.54) is 11.3 Å². The number of rotatable bonds is 4. The van der Waals surface area contributed by atoms with Gasteiger partial charge in [-0.25, -0.2) is 9.97 Å². The quantitative estimate of drug-likeness (QED) is 0.665. The standard InChI is InChI=1S/C17H15ClN4OS/c1-11-15(24-16(21-11)13-4-3-7-19-9-13)17(23)22(2)10-12-5-6-14(18)20-8-12/h3-9H,10H2,1-2H3. The van der Waals surface area contributed by atoms with Crippen molar-refractivity contribution in [1.29, 1.82) is 0 Å². The third-order valence-corrected chi connectivity index (χ3v) is 4.87.